The third kappa shape index (κ3) is 28.6. The summed E-state index contributed by atoms with van der Waals surface area (Å²) in [5, 5.41) is 56.6. The Morgan fingerprint density at radius 1 is 0.831 bits per heavy atom. The Morgan fingerprint density at radius 2 is 1.48 bits per heavy atom. The molecule has 71 heavy (non-hydrogen) atoms. The Kier molecular flexibility index (Phi) is 32.7. The molecule has 1 heterocycles. The molecule has 20 heteroatoms. The lowest BCUT2D eigenvalue weighted by Crippen LogP contribution is -2.56. The van der Waals surface area contributed by atoms with E-state index in [-0.39, 0.29) is 32.1 Å². The van der Waals surface area contributed by atoms with E-state index in [1.54, 1.807) is 12.2 Å². The minimum atomic E-state index is -5.76. The quantitative estimate of drug-likeness (QED) is 0.0200. The average molecular weight is 1040 g/mol. The fourth-order valence-corrected chi connectivity index (χ4v) is 8.95. The van der Waals surface area contributed by atoms with Gasteiger partial charge in [0.1, 0.15) is 31.0 Å². The van der Waals surface area contributed by atoms with Crippen LogP contribution in [0.15, 0.2) is 97.2 Å². The van der Waals surface area contributed by atoms with Gasteiger partial charge in [0.25, 0.3) is 0 Å². The molecule has 0 spiro atoms. The number of aliphatic hydroxyl groups excluding tert-OH is 5. The molecule has 2 rings (SSSR count). The lowest BCUT2D eigenvalue weighted by molar-refractivity contribution is -0.163. The molecule has 0 saturated heterocycles. The van der Waals surface area contributed by atoms with Gasteiger partial charge in [-0.2, -0.15) is 0 Å². The van der Waals surface area contributed by atoms with E-state index in [0.29, 0.717) is 25.7 Å². The molecular weight excluding hydrogens is 962 g/mol. The highest BCUT2D eigenvalue weighted by Crippen LogP contribution is 2.49. The minimum absolute atomic E-state index is 0.0660. The van der Waals surface area contributed by atoms with Gasteiger partial charge >= 0.3 is 27.6 Å². The monoisotopic (exact) mass is 1040 g/mol. The van der Waals surface area contributed by atoms with Crippen LogP contribution in [0.4, 0.5) is 0 Å². The van der Waals surface area contributed by atoms with Crippen LogP contribution in [-0.4, -0.2) is 120 Å². The normalized spacial score (nSPS) is 29.7. The Labute approximate surface area is 419 Å². The van der Waals surface area contributed by atoms with Gasteiger partial charge in [-0.25, -0.2) is 9.13 Å². The minimum Gasteiger partial charge on any atom is -0.462 e. The zero-order valence-electron chi connectivity index (χ0n) is 41.2. The summed E-state index contributed by atoms with van der Waals surface area (Å²) in [7, 11) is -11.4. The molecule has 1 unspecified atom stereocenters. The smallest absolute Gasteiger partial charge is 0.462 e. The van der Waals surface area contributed by atoms with Gasteiger partial charge in [0.15, 0.2) is 11.9 Å². The van der Waals surface area contributed by atoms with Gasteiger partial charge in [0, 0.05) is 18.8 Å². The van der Waals surface area contributed by atoms with E-state index >= 15 is 0 Å². The number of carbonyl (C=O) groups is 3. The summed E-state index contributed by atoms with van der Waals surface area (Å²) >= 11 is 0. The molecule has 0 radical (unpaired) electrons. The van der Waals surface area contributed by atoms with Crippen LogP contribution in [-0.2, 0) is 46.6 Å². The SMILES string of the molecule is CC/C=C\C/C=C\C/C=C\C/C=C\C/C=C\CCCCCC(=O)O[C@@H]1COC(=O)CCC/C=C\C[C@H]2/C=C\C(=O)[C@H](/C=C/[C@@H](O)CCCCC)[C@@H](O)[C@@H](OP(=O)(O)O)[C@@H](OP(=O)(O)OC1)[C@H](O)[C@@H](O)[C@@H]2O. The van der Waals surface area contributed by atoms with E-state index in [2.05, 4.69) is 67.7 Å². The molecule has 1 aliphatic carbocycles. The van der Waals surface area contributed by atoms with Crippen LogP contribution in [0.5, 0.6) is 0 Å². The lowest BCUT2D eigenvalue weighted by atomic mass is 9.87. The van der Waals surface area contributed by atoms with Crippen molar-refractivity contribution in [3.05, 3.63) is 97.2 Å². The van der Waals surface area contributed by atoms with Crippen LogP contribution < -0.4 is 0 Å². The number of rotatable bonds is 24. The molecule has 402 valence electrons. The van der Waals surface area contributed by atoms with E-state index in [1.807, 2.05) is 6.92 Å². The molecule has 0 fully saturated rings. The number of carbonyl (C=O) groups excluding carboxylic acids is 3. The van der Waals surface area contributed by atoms with Crippen LogP contribution >= 0.6 is 15.6 Å². The second-order valence-corrected chi connectivity index (χ2v) is 20.1. The average Bonchev–Trinajstić information content (AvgIpc) is 3.32. The number of phosphoric ester groups is 2. The lowest BCUT2D eigenvalue weighted by Gasteiger charge is -2.38. The fraction of sp³-hybridized carbons (Fsp3) is 0.627. The number of hydrogen-bond acceptors (Lipinski definition) is 15. The Bertz CT molecular complexity index is 1880. The van der Waals surface area contributed by atoms with Crippen molar-refractivity contribution in [2.75, 3.05) is 13.2 Å². The van der Waals surface area contributed by atoms with Crippen LogP contribution in [0.2, 0.25) is 0 Å². The molecule has 11 atom stereocenters. The number of hydrogen-bond donors (Lipinski definition) is 8. The van der Waals surface area contributed by atoms with Crippen molar-refractivity contribution in [1.29, 1.82) is 0 Å². The predicted octanol–water partition coefficient (Wildman–Crippen LogP) is 7.57. The summed E-state index contributed by atoms with van der Waals surface area (Å²) in [6, 6.07) is 0. The summed E-state index contributed by atoms with van der Waals surface area (Å²) in [6.45, 7) is 2.46. The van der Waals surface area contributed by atoms with Crippen molar-refractivity contribution in [1.82, 2.24) is 0 Å². The van der Waals surface area contributed by atoms with Gasteiger partial charge in [0.05, 0.1) is 30.8 Å². The van der Waals surface area contributed by atoms with Crippen molar-refractivity contribution in [2.24, 2.45) is 11.8 Å². The number of allylic oxidation sites excluding steroid dienone is 13. The first kappa shape index (κ1) is 63.7. The molecule has 18 nitrogen and oxygen atoms in total. The number of ether oxygens (including phenoxy) is 2. The van der Waals surface area contributed by atoms with Crippen molar-refractivity contribution in [2.45, 2.75) is 178 Å². The molecule has 0 saturated carbocycles. The molecule has 8 N–H and O–H groups in total. The van der Waals surface area contributed by atoms with Crippen LogP contribution in [0.1, 0.15) is 129 Å². The third-order valence-electron chi connectivity index (χ3n) is 11.4. The molecule has 0 amide bonds. The van der Waals surface area contributed by atoms with Crippen molar-refractivity contribution in [3.8, 4) is 0 Å². The maximum atomic E-state index is 13.8. The van der Waals surface area contributed by atoms with Crippen molar-refractivity contribution >= 4 is 33.4 Å². The Morgan fingerprint density at radius 3 is 2.11 bits per heavy atom. The van der Waals surface area contributed by atoms with Crippen molar-refractivity contribution in [3.63, 3.8) is 0 Å². The molecule has 0 aromatic rings. The van der Waals surface area contributed by atoms with E-state index < -0.39 is 107 Å². The summed E-state index contributed by atoms with van der Waals surface area (Å²) in [6.07, 6.45) is 21.6. The van der Waals surface area contributed by atoms with Crippen LogP contribution in [0.25, 0.3) is 0 Å². The largest absolute Gasteiger partial charge is 0.472 e. The molecule has 1 aliphatic heterocycles. The predicted molar refractivity (Wildman–Crippen MR) is 268 cm³/mol. The zero-order chi connectivity index (χ0) is 52.5. The standard InChI is InChI=1S/C51H80O18P2/c1-3-5-7-8-9-10-11-12-13-14-15-16-17-18-19-20-21-22-28-32-45(55)67-41-37-65-44(54)31-27-24-23-26-29-39-33-36-43(53)42(35-34-40(52)30-25-6-4-2)47(57)50(68-70(60,61)62)51(49(59)48(58)46(39)56)69-71(63,64)66-38-41/h5,7,9-10,12-13,15-16,18-19,23,26,33-36,39-42,46-52,56-59H,3-4,6,8,11,14,17,20-22,24-25,27-32,37-38H2,1-2H3,(H,63,64)(H2,60,61,62)/b7-5-,10-9-,13-12-,16-15-,19-18-,26-23-,35-34+,36-33-/t39-,40-,41+,42-,46+,47+,48-,49+,50+,51-/m0/s1. The van der Waals surface area contributed by atoms with E-state index in [1.165, 1.54) is 12.2 Å². The van der Waals surface area contributed by atoms with Crippen molar-refractivity contribution < 1.29 is 86.8 Å². The van der Waals surface area contributed by atoms with Gasteiger partial charge in [-0.05, 0) is 83.1 Å². The number of cyclic esters (lactones) is 1. The third-order valence-corrected chi connectivity index (χ3v) is 12.9. The van der Waals surface area contributed by atoms with E-state index in [9.17, 15) is 63.7 Å². The number of fused-ring (bicyclic) bond motifs is 4. The molecule has 2 aliphatic rings. The second kappa shape index (κ2) is 36.5. The fourth-order valence-electron chi connectivity index (χ4n) is 7.42. The van der Waals surface area contributed by atoms with Gasteiger partial charge in [-0.1, -0.05) is 131 Å². The number of ketones is 1. The van der Waals surface area contributed by atoms with E-state index in [0.717, 1.165) is 69.9 Å². The topological polar surface area (TPSA) is 293 Å². The maximum absolute atomic E-state index is 13.8. The van der Waals surface area contributed by atoms with E-state index in [4.69, 9.17) is 23.0 Å². The highest BCUT2D eigenvalue weighted by atomic mass is 31.2. The molecule has 0 aromatic carbocycles. The van der Waals surface area contributed by atoms with Crippen LogP contribution in [0.3, 0.4) is 0 Å². The maximum Gasteiger partial charge on any atom is 0.472 e. The van der Waals surface area contributed by atoms with Gasteiger partial charge in [0.2, 0.25) is 0 Å². The summed E-state index contributed by atoms with van der Waals surface area (Å²) in [4.78, 5) is 70.5. The molecule has 0 aromatic heterocycles. The molecular formula is C51H80O18P2. The number of phosphoric acid groups is 2. The number of aliphatic hydroxyl groups is 5. The molecule has 2 bridgehead atoms. The van der Waals surface area contributed by atoms with Gasteiger partial charge in [-0.15, -0.1) is 0 Å². The van der Waals surface area contributed by atoms with Gasteiger partial charge < -0.3 is 49.7 Å². The number of esters is 2. The van der Waals surface area contributed by atoms with Crippen LogP contribution in [0, 0.1) is 11.8 Å². The zero-order valence-corrected chi connectivity index (χ0v) is 43.0. The summed E-state index contributed by atoms with van der Waals surface area (Å²) < 4.78 is 52.1. The Balaban J connectivity index is 2.26. The second-order valence-electron chi connectivity index (χ2n) is 17.5. The number of unbranched alkanes of at least 4 members (excludes halogenated alkanes) is 5. The highest BCUT2D eigenvalue weighted by molar-refractivity contribution is 7.47. The van der Waals surface area contributed by atoms with Gasteiger partial charge in [-0.3, -0.25) is 28.0 Å². The summed E-state index contributed by atoms with van der Waals surface area (Å²) in [5.74, 6) is -5.37. The first-order chi connectivity index (χ1) is 33.9. The first-order valence-electron chi connectivity index (χ1n) is 24.8. The summed E-state index contributed by atoms with van der Waals surface area (Å²) in [5.41, 5.74) is 0. The Hall–Kier alpha value is -3.45. The first-order valence-corrected chi connectivity index (χ1v) is 27.9. The highest BCUT2D eigenvalue weighted by Gasteiger charge is 2.50.